The van der Waals surface area contributed by atoms with E-state index in [1.54, 1.807) is 6.20 Å². The van der Waals surface area contributed by atoms with Gasteiger partial charge in [0.05, 0.1) is 5.52 Å². The van der Waals surface area contributed by atoms with Gasteiger partial charge in [0.15, 0.2) is 0 Å². The summed E-state index contributed by atoms with van der Waals surface area (Å²) in [7, 11) is 0. The second kappa shape index (κ2) is 2.48. The fourth-order valence-electron chi connectivity index (χ4n) is 1.74. The Kier molecular flexibility index (Phi) is 1.31. The van der Waals surface area contributed by atoms with Crippen molar-refractivity contribution < 1.29 is 0 Å². The summed E-state index contributed by atoms with van der Waals surface area (Å²) in [5.74, 6) is 0. The van der Waals surface area contributed by atoms with Gasteiger partial charge in [-0.25, -0.2) is 0 Å². The highest BCUT2D eigenvalue weighted by Crippen LogP contribution is 2.16. The number of rotatable bonds is 0. The molecule has 0 bridgehead atoms. The summed E-state index contributed by atoms with van der Waals surface area (Å²) < 4.78 is 1.97. The van der Waals surface area contributed by atoms with E-state index in [1.807, 2.05) is 34.7 Å². The number of fused-ring (bicyclic) bond motifs is 3. The predicted molar refractivity (Wildman–Crippen MR) is 55.5 cm³/mol. The average molecular weight is 184 g/mol. The molecule has 68 valence electrons. The van der Waals surface area contributed by atoms with Crippen LogP contribution in [-0.4, -0.2) is 9.38 Å². The molecule has 0 aliphatic rings. The van der Waals surface area contributed by atoms with Crippen LogP contribution in [-0.2, 0) is 0 Å². The lowest BCUT2D eigenvalue weighted by atomic mass is 10.2. The van der Waals surface area contributed by atoms with Crippen molar-refractivity contribution in [3.05, 3.63) is 52.9 Å². The molecule has 1 N–H and O–H groups in total. The van der Waals surface area contributed by atoms with Crippen molar-refractivity contribution >= 4 is 16.6 Å². The van der Waals surface area contributed by atoms with Crippen LogP contribution in [0.2, 0.25) is 0 Å². The van der Waals surface area contributed by atoms with E-state index in [1.165, 1.54) is 6.07 Å². The zero-order valence-corrected chi connectivity index (χ0v) is 7.40. The minimum absolute atomic E-state index is 0.0692. The van der Waals surface area contributed by atoms with Crippen LogP contribution >= 0.6 is 0 Å². The topological polar surface area (TPSA) is 37.3 Å². The van der Waals surface area contributed by atoms with E-state index < -0.39 is 0 Å². The van der Waals surface area contributed by atoms with E-state index >= 15 is 0 Å². The summed E-state index contributed by atoms with van der Waals surface area (Å²) in [4.78, 5) is 13.9. The average Bonchev–Trinajstić information content (AvgIpc) is 2.54. The Morgan fingerprint density at radius 3 is 2.93 bits per heavy atom. The molecular formula is C11H8N2O. The summed E-state index contributed by atoms with van der Waals surface area (Å²) in [5.41, 5.74) is 1.87. The van der Waals surface area contributed by atoms with Gasteiger partial charge in [-0.15, -0.1) is 0 Å². The third kappa shape index (κ3) is 0.893. The number of aromatic amines is 1. The molecule has 0 atom stereocenters. The lowest BCUT2D eigenvalue weighted by Gasteiger charge is -1.94. The van der Waals surface area contributed by atoms with E-state index in [4.69, 9.17) is 0 Å². The number of hydrogen-bond acceptors (Lipinski definition) is 1. The van der Waals surface area contributed by atoms with Gasteiger partial charge < -0.3 is 9.38 Å². The fourth-order valence-corrected chi connectivity index (χ4v) is 1.74. The molecule has 3 rings (SSSR count). The van der Waals surface area contributed by atoms with Crippen LogP contribution in [0.25, 0.3) is 16.6 Å². The minimum atomic E-state index is -0.0692. The molecule has 0 spiro atoms. The van der Waals surface area contributed by atoms with Crippen LogP contribution in [0, 0.1) is 0 Å². The summed E-state index contributed by atoms with van der Waals surface area (Å²) in [5, 5.41) is 1.13. The summed E-state index contributed by atoms with van der Waals surface area (Å²) in [6.45, 7) is 0. The number of nitrogens with zero attached hydrogens (tertiary/aromatic N) is 1. The quantitative estimate of drug-likeness (QED) is 0.568. The van der Waals surface area contributed by atoms with E-state index in [0.717, 1.165) is 16.6 Å². The molecule has 2 heterocycles. The summed E-state index contributed by atoms with van der Waals surface area (Å²) in [6.07, 6.45) is 1.79. The van der Waals surface area contributed by atoms with Crippen molar-refractivity contribution in [2.75, 3.05) is 0 Å². The lowest BCUT2D eigenvalue weighted by Crippen LogP contribution is -2.04. The standard InChI is InChI=1S/C11H8N2O/c14-11-5-6-13-9-4-2-1-3-8(9)7-10(13)12-11/h1-7H,(H,12,14). The third-order valence-corrected chi connectivity index (χ3v) is 2.37. The molecule has 0 aliphatic carbocycles. The van der Waals surface area contributed by atoms with Gasteiger partial charge in [0, 0.05) is 17.6 Å². The van der Waals surface area contributed by atoms with Crippen LogP contribution < -0.4 is 5.56 Å². The second-order valence-electron chi connectivity index (χ2n) is 3.26. The fraction of sp³-hybridized carbons (Fsp3) is 0. The Bertz CT molecular complexity index is 663. The molecule has 3 heteroatoms. The van der Waals surface area contributed by atoms with Gasteiger partial charge in [-0.1, -0.05) is 18.2 Å². The maximum absolute atomic E-state index is 11.1. The molecule has 0 amide bonds. The highest BCUT2D eigenvalue weighted by Gasteiger charge is 2.00. The molecule has 14 heavy (non-hydrogen) atoms. The Morgan fingerprint density at radius 1 is 1.14 bits per heavy atom. The highest BCUT2D eigenvalue weighted by atomic mass is 16.1. The number of aromatic nitrogens is 2. The van der Waals surface area contributed by atoms with Crippen molar-refractivity contribution in [2.45, 2.75) is 0 Å². The van der Waals surface area contributed by atoms with Gasteiger partial charge in [-0.3, -0.25) is 4.79 Å². The Morgan fingerprint density at radius 2 is 2.00 bits per heavy atom. The van der Waals surface area contributed by atoms with E-state index in [2.05, 4.69) is 4.98 Å². The molecule has 0 radical (unpaired) electrons. The van der Waals surface area contributed by atoms with Crippen molar-refractivity contribution in [2.24, 2.45) is 0 Å². The Labute approximate surface area is 79.6 Å². The zero-order valence-electron chi connectivity index (χ0n) is 7.40. The van der Waals surface area contributed by atoms with Crippen LogP contribution in [0.5, 0.6) is 0 Å². The minimum Gasteiger partial charge on any atom is -0.308 e. The van der Waals surface area contributed by atoms with Gasteiger partial charge in [-0.2, -0.15) is 0 Å². The summed E-state index contributed by atoms with van der Waals surface area (Å²) in [6, 6.07) is 11.5. The number of benzene rings is 1. The molecule has 3 aromatic rings. The SMILES string of the molecule is O=c1ccn2c(cc3ccccc32)[nH]1. The first-order valence-corrected chi connectivity index (χ1v) is 4.44. The smallest absolute Gasteiger partial charge is 0.250 e. The third-order valence-electron chi connectivity index (χ3n) is 2.37. The van der Waals surface area contributed by atoms with Gasteiger partial charge >= 0.3 is 0 Å². The van der Waals surface area contributed by atoms with Crippen molar-refractivity contribution in [1.29, 1.82) is 0 Å². The second-order valence-corrected chi connectivity index (χ2v) is 3.26. The van der Waals surface area contributed by atoms with Gasteiger partial charge in [0.2, 0.25) is 0 Å². The number of hydrogen-bond donors (Lipinski definition) is 1. The van der Waals surface area contributed by atoms with Gasteiger partial charge in [-0.05, 0) is 12.1 Å². The molecule has 0 saturated carbocycles. The van der Waals surface area contributed by atoms with Crippen molar-refractivity contribution in [1.82, 2.24) is 9.38 Å². The monoisotopic (exact) mass is 184 g/mol. The molecule has 0 aliphatic heterocycles. The van der Waals surface area contributed by atoms with Crippen molar-refractivity contribution in [3.63, 3.8) is 0 Å². The first-order chi connectivity index (χ1) is 6.84. The molecule has 1 aromatic carbocycles. The number of H-pyrrole nitrogens is 1. The first-order valence-electron chi connectivity index (χ1n) is 4.44. The lowest BCUT2D eigenvalue weighted by molar-refractivity contribution is 1.13. The normalized spacial score (nSPS) is 11.1. The molecule has 2 aromatic heterocycles. The van der Waals surface area contributed by atoms with E-state index in [0.29, 0.717) is 0 Å². The Balaban J connectivity index is 2.63. The van der Waals surface area contributed by atoms with E-state index in [9.17, 15) is 4.79 Å². The maximum Gasteiger partial charge on any atom is 0.250 e. The molecular weight excluding hydrogens is 176 g/mol. The van der Waals surface area contributed by atoms with Crippen molar-refractivity contribution in [3.8, 4) is 0 Å². The molecule has 3 nitrogen and oxygen atoms in total. The predicted octanol–water partition coefficient (Wildman–Crippen LogP) is 1.78. The molecule has 0 unspecified atom stereocenters. The van der Waals surface area contributed by atoms with Crippen LogP contribution in [0.1, 0.15) is 0 Å². The largest absolute Gasteiger partial charge is 0.308 e. The maximum atomic E-state index is 11.1. The zero-order chi connectivity index (χ0) is 9.54. The van der Waals surface area contributed by atoms with Crippen LogP contribution in [0.3, 0.4) is 0 Å². The first kappa shape index (κ1) is 7.38. The Hall–Kier alpha value is -2.03. The van der Waals surface area contributed by atoms with Gasteiger partial charge in [0.25, 0.3) is 5.56 Å². The molecule has 0 saturated heterocycles. The van der Waals surface area contributed by atoms with Gasteiger partial charge in [0.1, 0.15) is 5.65 Å². The highest BCUT2D eigenvalue weighted by molar-refractivity contribution is 5.85. The number of nitrogens with one attached hydrogen (secondary N) is 1. The van der Waals surface area contributed by atoms with E-state index in [-0.39, 0.29) is 5.56 Å². The van der Waals surface area contributed by atoms with Crippen LogP contribution in [0.15, 0.2) is 47.4 Å². The van der Waals surface area contributed by atoms with Crippen LogP contribution in [0.4, 0.5) is 0 Å². The molecule has 0 fully saturated rings. The summed E-state index contributed by atoms with van der Waals surface area (Å²) >= 11 is 0. The number of para-hydroxylation sites is 1.